The molecule has 214 valence electrons. The highest BCUT2D eigenvalue weighted by Gasteiger charge is 2.18. The van der Waals surface area contributed by atoms with Crippen LogP contribution in [0, 0.1) is 0 Å². The van der Waals surface area contributed by atoms with Gasteiger partial charge in [-0.1, -0.05) is 121 Å². The van der Waals surface area contributed by atoms with Gasteiger partial charge in [0.2, 0.25) is 0 Å². The lowest BCUT2D eigenvalue weighted by atomic mass is 9.85. The molecule has 0 aliphatic carbocycles. The number of rotatable bonds is 3. The molecule has 46 heavy (non-hydrogen) atoms. The van der Waals surface area contributed by atoms with E-state index >= 15 is 0 Å². The smallest absolute Gasteiger partial charge is 0.136 e. The Bertz CT molecular complexity index is 2740. The van der Waals surface area contributed by atoms with E-state index in [0.717, 1.165) is 21.9 Å². The first-order valence-electron chi connectivity index (χ1n) is 15.7. The van der Waals surface area contributed by atoms with Gasteiger partial charge in [0.15, 0.2) is 0 Å². The van der Waals surface area contributed by atoms with E-state index < -0.39 is 0 Å². The lowest BCUT2D eigenvalue weighted by molar-refractivity contribution is 0.669. The fourth-order valence-corrected chi connectivity index (χ4v) is 8.38. The first-order valence-corrected chi connectivity index (χ1v) is 16.5. The van der Waals surface area contributed by atoms with Crippen LogP contribution in [0.5, 0.6) is 0 Å². The summed E-state index contributed by atoms with van der Waals surface area (Å²) in [6.45, 7) is 0. The molecule has 0 spiro atoms. The molecule has 0 aliphatic heterocycles. The van der Waals surface area contributed by atoms with Gasteiger partial charge in [0, 0.05) is 20.3 Å². The molecule has 8 aromatic carbocycles. The van der Waals surface area contributed by atoms with Crippen LogP contribution in [0.15, 0.2) is 162 Å². The Balaban J connectivity index is 1.21. The van der Waals surface area contributed by atoms with Gasteiger partial charge in [0.05, 0.1) is 0 Å². The molecular formula is C44H26OS. The fourth-order valence-electron chi connectivity index (χ4n) is 7.31. The summed E-state index contributed by atoms with van der Waals surface area (Å²) >= 11 is 1.82. The third kappa shape index (κ3) is 3.87. The van der Waals surface area contributed by atoms with Crippen molar-refractivity contribution >= 4 is 75.7 Å². The van der Waals surface area contributed by atoms with Crippen molar-refractivity contribution in [1.82, 2.24) is 0 Å². The van der Waals surface area contributed by atoms with Gasteiger partial charge in [-0.05, 0) is 102 Å². The van der Waals surface area contributed by atoms with Crippen LogP contribution >= 0.6 is 11.3 Å². The minimum absolute atomic E-state index is 0.918. The van der Waals surface area contributed by atoms with E-state index in [-0.39, 0.29) is 0 Å². The Morgan fingerprint density at radius 2 is 0.935 bits per heavy atom. The molecule has 2 heterocycles. The monoisotopic (exact) mass is 602 g/mol. The van der Waals surface area contributed by atoms with Crippen molar-refractivity contribution in [1.29, 1.82) is 0 Å². The predicted molar refractivity (Wildman–Crippen MR) is 198 cm³/mol. The van der Waals surface area contributed by atoms with Crippen molar-refractivity contribution in [2.75, 3.05) is 0 Å². The summed E-state index contributed by atoms with van der Waals surface area (Å²) in [6, 6.07) is 57.4. The molecule has 2 heteroatoms. The Morgan fingerprint density at radius 1 is 0.348 bits per heavy atom. The number of benzene rings is 8. The summed E-state index contributed by atoms with van der Waals surface area (Å²) < 4.78 is 7.70. The molecule has 10 rings (SSSR count). The second-order valence-electron chi connectivity index (χ2n) is 12.1. The number of hydrogen-bond donors (Lipinski definition) is 0. The number of thiophene rings is 1. The molecular weight excluding hydrogens is 577 g/mol. The van der Waals surface area contributed by atoms with Crippen LogP contribution in [0.25, 0.3) is 97.0 Å². The van der Waals surface area contributed by atoms with E-state index in [4.69, 9.17) is 4.42 Å². The molecule has 0 unspecified atom stereocenters. The highest BCUT2D eigenvalue weighted by atomic mass is 32.1. The first-order chi connectivity index (χ1) is 22.8. The minimum atomic E-state index is 0.918. The lowest BCUT2D eigenvalue weighted by Crippen LogP contribution is -1.91. The van der Waals surface area contributed by atoms with Crippen LogP contribution in [-0.4, -0.2) is 0 Å². The molecule has 0 amide bonds. The normalized spacial score (nSPS) is 11.9. The van der Waals surface area contributed by atoms with Crippen molar-refractivity contribution in [3.63, 3.8) is 0 Å². The van der Waals surface area contributed by atoms with Crippen molar-refractivity contribution in [3.05, 3.63) is 158 Å². The molecule has 0 N–H and O–H groups in total. The van der Waals surface area contributed by atoms with Gasteiger partial charge in [-0.3, -0.25) is 0 Å². The van der Waals surface area contributed by atoms with Crippen LogP contribution < -0.4 is 0 Å². The van der Waals surface area contributed by atoms with Gasteiger partial charge < -0.3 is 4.42 Å². The van der Waals surface area contributed by atoms with E-state index in [1.54, 1.807) is 0 Å². The molecule has 0 aliphatic rings. The summed E-state index contributed by atoms with van der Waals surface area (Å²) in [7, 11) is 0. The summed E-state index contributed by atoms with van der Waals surface area (Å²) in [5, 5.41) is 11.1. The maximum atomic E-state index is 6.46. The van der Waals surface area contributed by atoms with E-state index in [0.29, 0.717) is 0 Å². The average molecular weight is 603 g/mol. The van der Waals surface area contributed by atoms with Crippen LogP contribution in [-0.2, 0) is 0 Å². The zero-order valence-corrected chi connectivity index (χ0v) is 25.6. The molecule has 2 aromatic heterocycles. The van der Waals surface area contributed by atoms with Crippen LogP contribution in [0.2, 0.25) is 0 Å². The maximum absolute atomic E-state index is 6.46. The van der Waals surface area contributed by atoms with Gasteiger partial charge in [-0.15, -0.1) is 11.3 Å². The van der Waals surface area contributed by atoms with Crippen LogP contribution in [0.3, 0.4) is 0 Å². The Hall–Kier alpha value is -5.70. The van der Waals surface area contributed by atoms with Crippen molar-refractivity contribution in [2.24, 2.45) is 0 Å². The minimum Gasteiger partial charge on any atom is -0.456 e. The molecule has 1 nitrogen and oxygen atoms in total. The van der Waals surface area contributed by atoms with Crippen molar-refractivity contribution in [3.8, 4) is 32.7 Å². The molecule has 0 radical (unpaired) electrons. The summed E-state index contributed by atoms with van der Waals surface area (Å²) in [6.07, 6.45) is 0. The molecule has 0 saturated carbocycles. The largest absolute Gasteiger partial charge is 0.456 e. The first kappa shape index (κ1) is 25.6. The zero-order valence-electron chi connectivity index (χ0n) is 24.8. The molecule has 10 aromatic rings. The Morgan fingerprint density at radius 3 is 1.65 bits per heavy atom. The quantitative estimate of drug-likeness (QED) is 0.183. The van der Waals surface area contributed by atoms with Crippen molar-refractivity contribution in [2.45, 2.75) is 0 Å². The average Bonchev–Trinajstić information content (AvgIpc) is 3.70. The lowest BCUT2D eigenvalue weighted by Gasteiger charge is -2.18. The maximum Gasteiger partial charge on any atom is 0.136 e. The zero-order chi connectivity index (χ0) is 30.2. The third-order valence-corrected chi connectivity index (χ3v) is 10.6. The molecule has 0 saturated heterocycles. The van der Waals surface area contributed by atoms with E-state index in [2.05, 4.69) is 158 Å². The van der Waals surface area contributed by atoms with Gasteiger partial charge in [-0.25, -0.2) is 0 Å². The van der Waals surface area contributed by atoms with Gasteiger partial charge in [-0.2, -0.15) is 0 Å². The van der Waals surface area contributed by atoms with Gasteiger partial charge in [0.1, 0.15) is 11.2 Å². The Labute approximate surface area is 269 Å². The second kappa shape index (κ2) is 9.90. The van der Waals surface area contributed by atoms with Crippen LogP contribution in [0.4, 0.5) is 0 Å². The third-order valence-electron chi connectivity index (χ3n) is 9.42. The Kier molecular flexibility index (Phi) is 5.51. The van der Waals surface area contributed by atoms with Crippen molar-refractivity contribution < 1.29 is 4.42 Å². The van der Waals surface area contributed by atoms with E-state index in [1.165, 1.54) is 75.1 Å². The van der Waals surface area contributed by atoms with E-state index in [9.17, 15) is 0 Å². The highest BCUT2D eigenvalue weighted by molar-refractivity contribution is 7.22. The van der Waals surface area contributed by atoms with Gasteiger partial charge >= 0.3 is 0 Å². The number of fused-ring (bicyclic) bond motifs is 7. The second-order valence-corrected chi connectivity index (χ2v) is 13.2. The number of furan rings is 1. The topological polar surface area (TPSA) is 13.1 Å². The SMILES string of the molecule is c1ccc(-c2cc3cc4c(cc3s2)oc2ccc(-c3c5ccccc5c(-c5ccc6ccccc6c5)c5ccccc35)cc24)cc1. The van der Waals surface area contributed by atoms with Gasteiger partial charge in [0.25, 0.3) is 0 Å². The molecule has 0 atom stereocenters. The molecule has 0 bridgehead atoms. The summed E-state index contributed by atoms with van der Waals surface area (Å²) in [4.78, 5) is 1.28. The summed E-state index contributed by atoms with van der Waals surface area (Å²) in [5.74, 6) is 0. The van der Waals surface area contributed by atoms with Crippen LogP contribution in [0.1, 0.15) is 0 Å². The molecule has 0 fully saturated rings. The fraction of sp³-hybridized carbons (Fsp3) is 0. The van der Waals surface area contributed by atoms with E-state index in [1.807, 2.05) is 11.3 Å². The predicted octanol–water partition coefficient (Wildman–Crippen LogP) is 13.3. The summed E-state index contributed by atoms with van der Waals surface area (Å²) in [5.41, 5.74) is 8.08. The standard InChI is InChI=1S/C44H26OS/c1-2-11-28(12-3-1)41-25-32-24-38-37-23-31(20-21-39(37)45-40(38)26-42(32)46-41)44-35-16-8-6-14-33(35)43(34-15-7-9-17-36(34)44)30-19-18-27-10-4-5-13-29(27)22-30/h1-26H. The number of hydrogen-bond acceptors (Lipinski definition) is 2. The highest BCUT2D eigenvalue weighted by Crippen LogP contribution is 2.46.